The first-order chi connectivity index (χ1) is 33.5. The Morgan fingerprint density at radius 3 is 1.51 bits per heavy atom. The first-order valence-electron chi connectivity index (χ1n) is 24.4. The topological polar surface area (TPSA) is 3.24 Å². The van der Waals surface area contributed by atoms with Crippen LogP contribution in [0, 0.1) is 0 Å². The molecule has 1 unspecified atom stereocenters. The van der Waals surface area contributed by atoms with Crippen LogP contribution in [0.5, 0.6) is 0 Å². The van der Waals surface area contributed by atoms with Gasteiger partial charge in [-0.1, -0.05) is 209 Å². The maximum Gasteiger partial charge on any atom is 0.0731 e. The van der Waals surface area contributed by atoms with Gasteiger partial charge in [-0.3, -0.25) is 0 Å². The van der Waals surface area contributed by atoms with Gasteiger partial charge in [0, 0.05) is 28.4 Å². The van der Waals surface area contributed by atoms with E-state index in [1.165, 1.54) is 111 Å². The number of nitrogens with zero attached hydrogens (tertiary/aromatic N) is 1. The fourth-order valence-electron chi connectivity index (χ4n) is 13.3. The van der Waals surface area contributed by atoms with E-state index in [0.717, 1.165) is 23.5 Å². The van der Waals surface area contributed by atoms with Crippen molar-refractivity contribution in [2.45, 2.75) is 43.9 Å². The maximum absolute atomic E-state index is 2.49. The van der Waals surface area contributed by atoms with Crippen molar-refractivity contribution in [3.63, 3.8) is 0 Å². The van der Waals surface area contributed by atoms with E-state index in [4.69, 9.17) is 0 Å². The van der Waals surface area contributed by atoms with Crippen molar-refractivity contribution >= 4 is 17.1 Å². The molecule has 0 amide bonds. The molecular formula is C67H49N. The number of hydrogen-bond acceptors (Lipinski definition) is 1. The van der Waals surface area contributed by atoms with Crippen LogP contribution in [0.4, 0.5) is 17.1 Å². The molecule has 10 aromatic carbocycles. The second kappa shape index (κ2) is 14.5. The van der Waals surface area contributed by atoms with E-state index >= 15 is 0 Å². The van der Waals surface area contributed by atoms with Crippen LogP contribution in [0.1, 0.15) is 77.6 Å². The third-order valence-corrected chi connectivity index (χ3v) is 16.2. The van der Waals surface area contributed by atoms with Crippen LogP contribution in [-0.4, -0.2) is 0 Å². The lowest BCUT2D eigenvalue weighted by Gasteiger charge is -2.32. The van der Waals surface area contributed by atoms with Gasteiger partial charge in [-0.2, -0.15) is 0 Å². The predicted molar refractivity (Wildman–Crippen MR) is 283 cm³/mol. The third kappa shape index (κ3) is 5.22. The van der Waals surface area contributed by atoms with Gasteiger partial charge in [0.2, 0.25) is 0 Å². The zero-order valence-corrected chi connectivity index (χ0v) is 38.6. The van der Waals surface area contributed by atoms with Gasteiger partial charge in [0.25, 0.3) is 0 Å². The summed E-state index contributed by atoms with van der Waals surface area (Å²) < 4.78 is 0. The van der Waals surface area contributed by atoms with Gasteiger partial charge in [-0.25, -0.2) is 0 Å². The average Bonchev–Trinajstić information content (AvgIpc) is 4.07. The van der Waals surface area contributed by atoms with Gasteiger partial charge in [0.05, 0.1) is 5.41 Å². The molecule has 0 saturated heterocycles. The summed E-state index contributed by atoms with van der Waals surface area (Å²) in [6.45, 7) is 7.09. The van der Waals surface area contributed by atoms with E-state index in [1.807, 2.05) is 0 Å². The Balaban J connectivity index is 0.952. The molecule has 0 saturated carbocycles. The Hall–Kier alpha value is -8.00. The molecule has 10 aromatic rings. The molecule has 0 heterocycles. The fourth-order valence-corrected chi connectivity index (χ4v) is 13.3. The Kier molecular flexibility index (Phi) is 8.36. The standard InChI is InChI=1S/C67H49N/c1-4-47-50-20-5-6-21-51(50)57-28-16-26-48(64(47)57)42-34-36-44(37-35-42)68(46-38-39-56-52-22-7-11-30-59(52)66(2,3)63(56)41-46)45-19-15-18-43(40-45)49-27-17-29-58-55-25-10-14-33-62(55)67(65(49)58)60-31-12-8-23-53(60)54-24-9-13-32-61(54)67/h5-41,47H,4H2,1-3H3. The number of benzene rings is 10. The second-order valence-corrected chi connectivity index (χ2v) is 19.8. The van der Waals surface area contributed by atoms with Crippen molar-refractivity contribution in [3.8, 4) is 66.8 Å². The van der Waals surface area contributed by atoms with Gasteiger partial charge >= 0.3 is 0 Å². The Labute approximate surface area is 399 Å². The van der Waals surface area contributed by atoms with Crippen molar-refractivity contribution < 1.29 is 0 Å². The van der Waals surface area contributed by atoms with Gasteiger partial charge in [-0.05, 0) is 154 Å². The van der Waals surface area contributed by atoms with E-state index < -0.39 is 5.41 Å². The van der Waals surface area contributed by atoms with E-state index in [9.17, 15) is 0 Å². The summed E-state index contributed by atoms with van der Waals surface area (Å²) in [6.07, 6.45) is 1.07. The number of fused-ring (bicyclic) bond motifs is 16. The van der Waals surface area contributed by atoms with E-state index in [-0.39, 0.29) is 5.41 Å². The zero-order chi connectivity index (χ0) is 45.3. The highest BCUT2D eigenvalue weighted by molar-refractivity contribution is 5.99. The molecule has 0 bridgehead atoms. The summed E-state index contributed by atoms with van der Waals surface area (Å²) in [4.78, 5) is 2.49. The minimum absolute atomic E-state index is 0.137. The van der Waals surface area contributed by atoms with Crippen LogP contribution in [0.15, 0.2) is 224 Å². The smallest absolute Gasteiger partial charge is 0.0731 e. The highest BCUT2D eigenvalue weighted by atomic mass is 15.1. The number of rotatable bonds is 6. The molecule has 0 aliphatic heterocycles. The first-order valence-corrected chi connectivity index (χ1v) is 24.4. The van der Waals surface area contributed by atoms with Crippen LogP contribution in [-0.2, 0) is 10.8 Å². The molecule has 4 aliphatic carbocycles. The number of hydrogen-bond donors (Lipinski definition) is 0. The van der Waals surface area contributed by atoms with E-state index in [0.29, 0.717) is 5.92 Å². The van der Waals surface area contributed by atoms with Crippen LogP contribution in [0.25, 0.3) is 66.8 Å². The van der Waals surface area contributed by atoms with Crippen molar-refractivity contribution in [1.82, 2.24) is 0 Å². The molecular weight excluding hydrogens is 819 g/mol. The minimum atomic E-state index is -0.447. The summed E-state index contributed by atoms with van der Waals surface area (Å²) in [5.41, 5.74) is 29.6. The van der Waals surface area contributed by atoms with Gasteiger partial charge in [-0.15, -0.1) is 0 Å². The molecule has 0 aromatic heterocycles. The van der Waals surface area contributed by atoms with Crippen LogP contribution >= 0.6 is 0 Å². The van der Waals surface area contributed by atoms with Crippen molar-refractivity contribution in [2.24, 2.45) is 0 Å². The molecule has 1 nitrogen and oxygen atoms in total. The fraction of sp³-hybridized carbons (Fsp3) is 0.104. The zero-order valence-electron chi connectivity index (χ0n) is 38.6. The summed E-state index contributed by atoms with van der Waals surface area (Å²) in [5, 5.41) is 0. The summed E-state index contributed by atoms with van der Waals surface area (Å²) in [6, 6.07) is 85.0. The molecule has 0 radical (unpaired) electrons. The monoisotopic (exact) mass is 867 g/mol. The van der Waals surface area contributed by atoms with Crippen molar-refractivity contribution in [2.75, 3.05) is 4.90 Å². The SMILES string of the molecule is CCC1c2ccccc2-c2cccc(-c3ccc(N(c4cccc(-c5cccc6c5C5(c7ccccc7-c7ccccc75)c5ccccc5-6)c4)c4ccc5c(c4)C(C)(C)c4ccccc4-5)cc3)c21. The van der Waals surface area contributed by atoms with Crippen LogP contribution < -0.4 is 4.90 Å². The molecule has 68 heavy (non-hydrogen) atoms. The van der Waals surface area contributed by atoms with Crippen LogP contribution in [0.3, 0.4) is 0 Å². The summed E-state index contributed by atoms with van der Waals surface area (Å²) in [5.74, 6) is 0.382. The van der Waals surface area contributed by atoms with Gasteiger partial charge < -0.3 is 4.90 Å². The Morgan fingerprint density at radius 2 is 0.838 bits per heavy atom. The Bertz CT molecular complexity index is 3650. The first kappa shape index (κ1) is 39.2. The lowest BCUT2D eigenvalue weighted by molar-refractivity contribution is 0.660. The highest BCUT2D eigenvalue weighted by Gasteiger charge is 2.52. The Morgan fingerprint density at radius 1 is 0.353 bits per heavy atom. The maximum atomic E-state index is 2.49. The molecule has 4 aliphatic rings. The van der Waals surface area contributed by atoms with Gasteiger partial charge in [0.1, 0.15) is 0 Å². The van der Waals surface area contributed by atoms with Crippen molar-refractivity contribution in [1.29, 1.82) is 0 Å². The molecule has 0 N–H and O–H groups in total. The molecule has 1 spiro atoms. The molecule has 1 heteroatoms. The minimum Gasteiger partial charge on any atom is -0.310 e. The van der Waals surface area contributed by atoms with Crippen molar-refractivity contribution in [3.05, 3.63) is 269 Å². The average molecular weight is 868 g/mol. The quantitative estimate of drug-likeness (QED) is 0.161. The lowest BCUT2D eigenvalue weighted by Crippen LogP contribution is -2.26. The summed E-state index contributed by atoms with van der Waals surface area (Å²) >= 11 is 0. The van der Waals surface area contributed by atoms with Gasteiger partial charge in [0.15, 0.2) is 0 Å². The highest BCUT2D eigenvalue weighted by Crippen LogP contribution is 2.64. The number of anilines is 3. The lowest BCUT2D eigenvalue weighted by atomic mass is 9.68. The molecule has 1 atom stereocenters. The third-order valence-electron chi connectivity index (χ3n) is 16.2. The van der Waals surface area contributed by atoms with E-state index in [2.05, 4.69) is 250 Å². The van der Waals surface area contributed by atoms with E-state index in [1.54, 1.807) is 0 Å². The largest absolute Gasteiger partial charge is 0.310 e. The normalized spacial score (nSPS) is 15.4. The summed E-state index contributed by atoms with van der Waals surface area (Å²) in [7, 11) is 0. The molecule has 322 valence electrons. The van der Waals surface area contributed by atoms with Crippen LogP contribution in [0.2, 0.25) is 0 Å². The molecule has 0 fully saturated rings. The predicted octanol–water partition coefficient (Wildman–Crippen LogP) is 17.7. The molecule has 14 rings (SSSR count). The second-order valence-electron chi connectivity index (χ2n) is 19.8.